The Balaban J connectivity index is 1.64. The van der Waals surface area contributed by atoms with Gasteiger partial charge in [0.1, 0.15) is 5.82 Å². The molecule has 0 spiro atoms. The molecule has 19 heavy (non-hydrogen) atoms. The summed E-state index contributed by atoms with van der Waals surface area (Å²) in [5, 5.41) is 10.4. The van der Waals surface area contributed by atoms with E-state index in [1.54, 1.807) is 0 Å². The maximum absolute atomic E-state index is 13.1. The maximum Gasteiger partial charge on any atom is 0.248 e. The van der Waals surface area contributed by atoms with Crippen molar-refractivity contribution in [3.8, 4) is 0 Å². The highest BCUT2D eigenvalue weighted by atomic mass is 19.3. The van der Waals surface area contributed by atoms with Crippen molar-refractivity contribution in [2.75, 3.05) is 31.1 Å². The molecule has 5 nitrogen and oxygen atoms in total. The number of aromatic amines is 1. The van der Waals surface area contributed by atoms with Crippen LogP contribution in [0.4, 0.5) is 14.7 Å². The van der Waals surface area contributed by atoms with Crippen molar-refractivity contribution >= 4 is 5.95 Å². The fourth-order valence-electron chi connectivity index (χ4n) is 2.77. The van der Waals surface area contributed by atoms with E-state index in [-0.39, 0.29) is 18.8 Å². The van der Waals surface area contributed by atoms with Gasteiger partial charge in [0, 0.05) is 44.9 Å². The highest BCUT2D eigenvalue weighted by molar-refractivity contribution is 5.30. The zero-order chi connectivity index (χ0) is 13.3. The highest BCUT2D eigenvalue weighted by Gasteiger charge is 2.36. The standard InChI is InChI=1S/C12H19F2N5/c13-12(14)3-1-9(2-4-12)10-16-11(18-17-10)19-7-5-15-6-8-19/h9,15H,1-8H2,(H,16,17,18). The van der Waals surface area contributed by atoms with Crippen LogP contribution >= 0.6 is 0 Å². The number of aromatic nitrogens is 3. The molecular weight excluding hydrogens is 252 g/mol. The summed E-state index contributed by atoms with van der Waals surface area (Å²) in [6, 6.07) is 0. The first kappa shape index (κ1) is 12.8. The lowest BCUT2D eigenvalue weighted by Crippen LogP contribution is -2.44. The third-order valence-corrected chi connectivity index (χ3v) is 3.99. The summed E-state index contributed by atoms with van der Waals surface area (Å²) in [6.07, 6.45) is 0.898. The summed E-state index contributed by atoms with van der Waals surface area (Å²) in [5.41, 5.74) is 0. The van der Waals surface area contributed by atoms with Gasteiger partial charge in [0.25, 0.3) is 0 Å². The first-order chi connectivity index (χ1) is 9.14. The average molecular weight is 271 g/mol. The van der Waals surface area contributed by atoms with Crippen LogP contribution in [-0.2, 0) is 0 Å². The molecule has 1 saturated heterocycles. The average Bonchev–Trinajstić information content (AvgIpc) is 2.89. The van der Waals surface area contributed by atoms with Crippen LogP contribution < -0.4 is 10.2 Å². The quantitative estimate of drug-likeness (QED) is 0.856. The Hall–Kier alpha value is -1.24. The lowest BCUT2D eigenvalue weighted by Gasteiger charge is -2.27. The van der Waals surface area contributed by atoms with E-state index in [1.807, 2.05) is 0 Å². The molecule has 1 aliphatic heterocycles. The molecule has 1 saturated carbocycles. The molecule has 0 unspecified atom stereocenters. The second-order valence-electron chi connectivity index (χ2n) is 5.39. The zero-order valence-corrected chi connectivity index (χ0v) is 10.8. The van der Waals surface area contributed by atoms with Crippen LogP contribution in [0, 0.1) is 0 Å². The Kier molecular flexibility index (Phi) is 3.38. The Morgan fingerprint density at radius 1 is 1.16 bits per heavy atom. The fourth-order valence-corrected chi connectivity index (χ4v) is 2.77. The number of hydrogen-bond donors (Lipinski definition) is 2. The lowest BCUT2D eigenvalue weighted by atomic mass is 9.86. The summed E-state index contributed by atoms with van der Waals surface area (Å²) < 4.78 is 26.3. The second-order valence-corrected chi connectivity index (χ2v) is 5.39. The number of alkyl halides is 2. The van der Waals surface area contributed by atoms with Crippen molar-refractivity contribution in [2.45, 2.75) is 37.5 Å². The molecule has 2 heterocycles. The number of halogens is 2. The van der Waals surface area contributed by atoms with Crippen LogP contribution in [0.2, 0.25) is 0 Å². The van der Waals surface area contributed by atoms with E-state index in [2.05, 4.69) is 25.4 Å². The molecule has 0 radical (unpaired) electrons. The largest absolute Gasteiger partial charge is 0.337 e. The molecule has 0 bridgehead atoms. The van der Waals surface area contributed by atoms with E-state index in [0.717, 1.165) is 32.0 Å². The van der Waals surface area contributed by atoms with Crippen LogP contribution in [0.25, 0.3) is 0 Å². The van der Waals surface area contributed by atoms with Gasteiger partial charge >= 0.3 is 0 Å². The van der Waals surface area contributed by atoms with Gasteiger partial charge in [-0.05, 0) is 12.8 Å². The van der Waals surface area contributed by atoms with Crippen molar-refractivity contribution in [1.29, 1.82) is 0 Å². The Bertz CT molecular complexity index is 418. The molecule has 0 amide bonds. The predicted octanol–water partition coefficient (Wildman–Crippen LogP) is 1.51. The molecule has 2 fully saturated rings. The molecule has 1 aliphatic carbocycles. The van der Waals surface area contributed by atoms with Crippen LogP contribution in [0.5, 0.6) is 0 Å². The Morgan fingerprint density at radius 2 is 1.84 bits per heavy atom. The molecule has 0 atom stereocenters. The predicted molar refractivity (Wildman–Crippen MR) is 67.6 cm³/mol. The number of hydrogen-bond acceptors (Lipinski definition) is 4. The molecule has 7 heteroatoms. The highest BCUT2D eigenvalue weighted by Crippen LogP contribution is 2.39. The van der Waals surface area contributed by atoms with Crippen molar-refractivity contribution in [3.63, 3.8) is 0 Å². The Morgan fingerprint density at radius 3 is 2.53 bits per heavy atom. The number of H-pyrrole nitrogens is 1. The molecule has 2 aliphatic rings. The minimum atomic E-state index is -2.49. The van der Waals surface area contributed by atoms with E-state index in [0.29, 0.717) is 18.8 Å². The van der Waals surface area contributed by atoms with Gasteiger partial charge in [-0.15, -0.1) is 5.10 Å². The van der Waals surface area contributed by atoms with Gasteiger partial charge in [-0.3, -0.25) is 5.10 Å². The summed E-state index contributed by atoms with van der Waals surface area (Å²) in [4.78, 5) is 6.61. The number of rotatable bonds is 2. The van der Waals surface area contributed by atoms with E-state index in [9.17, 15) is 8.78 Å². The first-order valence-corrected chi connectivity index (χ1v) is 6.90. The van der Waals surface area contributed by atoms with Crippen molar-refractivity contribution in [2.24, 2.45) is 0 Å². The van der Waals surface area contributed by atoms with Crippen LogP contribution in [-0.4, -0.2) is 47.3 Å². The number of nitrogens with zero attached hydrogens (tertiary/aromatic N) is 3. The van der Waals surface area contributed by atoms with Crippen molar-refractivity contribution < 1.29 is 8.78 Å². The summed E-state index contributed by atoms with van der Waals surface area (Å²) in [6.45, 7) is 3.64. The Labute approximate surface area is 110 Å². The van der Waals surface area contributed by atoms with Crippen LogP contribution in [0.15, 0.2) is 0 Å². The number of piperazine rings is 1. The second kappa shape index (κ2) is 5.03. The SMILES string of the molecule is FC1(F)CCC(c2nc(N3CCNCC3)n[nH]2)CC1. The molecule has 0 aromatic carbocycles. The molecule has 2 N–H and O–H groups in total. The van der Waals surface area contributed by atoms with E-state index in [4.69, 9.17) is 0 Å². The van der Waals surface area contributed by atoms with Crippen LogP contribution in [0.3, 0.4) is 0 Å². The molecule has 106 valence electrons. The summed E-state index contributed by atoms with van der Waals surface area (Å²) >= 11 is 0. The van der Waals surface area contributed by atoms with Gasteiger partial charge in [0.15, 0.2) is 0 Å². The fraction of sp³-hybridized carbons (Fsp3) is 0.833. The van der Waals surface area contributed by atoms with E-state index >= 15 is 0 Å². The third-order valence-electron chi connectivity index (χ3n) is 3.99. The molecule has 1 aromatic heterocycles. The minimum Gasteiger partial charge on any atom is -0.337 e. The zero-order valence-electron chi connectivity index (χ0n) is 10.8. The van der Waals surface area contributed by atoms with Gasteiger partial charge in [-0.1, -0.05) is 0 Å². The molecule has 1 aromatic rings. The molecule has 3 rings (SSSR count). The van der Waals surface area contributed by atoms with Gasteiger partial charge < -0.3 is 10.2 Å². The number of nitrogens with one attached hydrogen (secondary N) is 2. The number of anilines is 1. The van der Waals surface area contributed by atoms with Gasteiger partial charge in [-0.2, -0.15) is 4.98 Å². The molecular formula is C12H19F2N5. The van der Waals surface area contributed by atoms with Crippen molar-refractivity contribution in [3.05, 3.63) is 5.82 Å². The minimum absolute atomic E-state index is 0.0403. The first-order valence-electron chi connectivity index (χ1n) is 6.90. The normalized spacial score (nSPS) is 24.6. The maximum atomic E-state index is 13.1. The lowest BCUT2D eigenvalue weighted by molar-refractivity contribution is -0.0387. The monoisotopic (exact) mass is 271 g/mol. The smallest absolute Gasteiger partial charge is 0.248 e. The van der Waals surface area contributed by atoms with E-state index < -0.39 is 5.92 Å². The summed E-state index contributed by atoms with van der Waals surface area (Å²) in [7, 11) is 0. The summed E-state index contributed by atoms with van der Waals surface area (Å²) in [5.74, 6) is -0.917. The van der Waals surface area contributed by atoms with Crippen molar-refractivity contribution in [1.82, 2.24) is 20.5 Å². The van der Waals surface area contributed by atoms with Gasteiger partial charge in [0.2, 0.25) is 11.9 Å². The van der Waals surface area contributed by atoms with Gasteiger partial charge in [0.05, 0.1) is 0 Å². The van der Waals surface area contributed by atoms with Gasteiger partial charge in [-0.25, -0.2) is 8.78 Å². The van der Waals surface area contributed by atoms with E-state index in [1.165, 1.54) is 0 Å². The third kappa shape index (κ3) is 2.86. The van der Waals surface area contributed by atoms with Crippen LogP contribution in [0.1, 0.15) is 37.4 Å². The topological polar surface area (TPSA) is 56.8 Å².